The average molecular weight is 595 g/mol. The van der Waals surface area contributed by atoms with Gasteiger partial charge < -0.3 is 29.2 Å². The number of nitrogens with zero attached hydrogens (tertiary/aromatic N) is 1. The van der Waals surface area contributed by atoms with E-state index in [0.717, 1.165) is 38.1 Å². The first-order valence-electron chi connectivity index (χ1n) is 14.5. The third-order valence-electron chi connectivity index (χ3n) is 8.18. The molecule has 2 saturated heterocycles. The molecule has 4 atom stereocenters. The molecule has 3 fully saturated rings. The van der Waals surface area contributed by atoms with Gasteiger partial charge in [0, 0.05) is 31.5 Å². The van der Waals surface area contributed by atoms with Crippen molar-refractivity contribution in [3.05, 3.63) is 71.0 Å². The number of amides is 1. The molecule has 3 aliphatic rings. The predicted molar refractivity (Wildman–Crippen MR) is 146 cm³/mol. The lowest BCUT2D eigenvalue weighted by Crippen LogP contribution is -2.60. The Bertz CT molecular complexity index is 1220. The van der Waals surface area contributed by atoms with Gasteiger partial charge in [0.1, 0.15) is 11.9 Å². The van der Waals surface area contributed by atoms with Gasteiger partial charge in [0.25, 0.3) is 5.91 Å². The second-order valence-corrected chi connectivity index (χ2v) is 11.8. The Labute approximate surface area is 243 Å². The van der Waals surface area contributed by atoms with Crippen molar-refractivity contribution in [2.75, 3.05) is 26.2 Å². The van der Waals surface area contributed by atoms with E-state index >= 15 is 0 Å². The molecule has 0 bridgehead atoms. The third-order valence-corrected chi connectivity index (χ3v) is 8.18. The molecule has 2 aromatic rings. The van der Waals surface area contributed by atoms with Gasteiger partial charge in [-0.05, 0) is 63.5 Å². The average Bonchev–Trinajstić information content (AvgIpc) is 3.57. The first-order valence-corrected chi connectivity index (χ1v) is 14.5. The molecule has 0 radical (unpaired) electrons. The standard InChI is InChI=1S/C31H38F4N2O5/c1-29(2)41-26-18-30(40-20-22-7-3-4-8-24(22)32,28(38)36-13-16-37-14-5-6-15-37)17-25(27(26)42-29)39-19-21-9-11-23(12-10-21)31(33,34)35/h3-4,7-12,25-27H,5-6,13-20H2,1-2H3,(H,36,38)/t25?,26-,27+,30-/m1/s1. The highest BCUT2D eigenvalue weighted by molar-refractivity contribution is 5.85. The van der Waals surface area contributed by atoms with Gasteiger partial charge >= 0.3 is 6.18 Å². The van der Waals surface area contributed by atoms with Crippen LogP contribution in [0.25, 0.3) is 0 Å². The zero-order valence-corrected chi connectivity index (χ0v) is 23.9. The number of benzene rings is 2. The zero-order valence-electron chi connectivity index (χ0n) is 23.9. The summed E-state index contributed by atoms with van der Waals surface area (Å²) in [6, 6.07) is 11.0. The van der Waals surface area contributed by atoms with Gasteiger partial charge in [-0.2, -0.15) is 13.2 Å². The van der Waals surface area contributed by atoms with E-state index in [2.05, 4.69) is 10.2 Å². The van der Waals surface area contributed by atoms with Crippen LogP contribution in [0.15, 0.2) is 48.5 Å². The molecular weight excluding hydrogens is 556 g/mol. The van der Waals surface area contributed by atoms with Crippen LogP contribution in [0.2, 0.25) is 0 Å². The van der Waals surface area contributed by atoms with E-state index < -0.39 is 47.3 Å². The fraction of sp³-hybridized carbons (Fsp3) is 0.581. The smallest absolute Gasteiger partial charge is 0.371 e. The normalized spacial score (nSPS) is 27.6. The number of hydrogen-bond acceptors (Lipinski definition) is 6. The lowest BCUT2D eigenvalue weighted by atomic mass is 9.78. The summed E-state index contributed by atoms with van der Waals surface area (Å²) in [5.41, 5.74) is -1.31. The maximum atomic E-state index is 14.5. The van der Waals surface area contributed by atoms with Crippen LogP contribution in [0.3, 0.4) is 0 Å². The quantitative estimate of drug-likeness (QED) is 0.381. The van der Waals surface area contributed by atoms with Crippen LogP contribution in [-0.2, 0) is 43.1 Å². The van der Waals surface area contributed by atoms with Gasteiger partial charge in [0.15, 0.2) is 11.4 Å². The molecule has 42 heavy (non-hydrogen) atoms. The van der Waals surface area contributed by atoms with Crippen molar-refractivity contribution >= 4 is 5.91 Å². The number of ether oxygens (including phenoxy) is 4. The summed E-state index contributed by atoms with van der Waals surface area (Å²) in [6.45, 7) is 6.53. The first-order chi connectivity index (χ1) is 19.9. The SMILES string of the molecule is CC1(C)O[C@@H]2C[C@@](OCc3ccccc3F)(C(=O)NCCN3CCCC3)CC(OCc3ccc(C(F)(F)F)cc3)[C@@H]2O1. The van der Waals surface area contributed by atoms with Crippen LogP contribution < -0.4 is 5.32 Å². The summed E-state index contributed by atoms with van der Waals surface area (Å²) < 4.78 is 78.5. The highest BCUT2D eigenvalue weighted by Crippen LogP contribution is 2.44. The Morgan fingerprint density at radius 1 is 1.02 bits per heavy atom. The Hall–Kier alpha value is -2.57. The molecule has 1 saturated carbocycles. The van der Waals surface area contributed by atoms with E-state index in [4.69, 9.17) is 18.9 Å². The summed E-state index contributed by atoms with van der Waals surface area (Å²) in [4.78, 5) is 16.2. The van der Waals surface area contributed by atoms with Gasteiger partial charge in [-0.3, -0.25) is 4.79 Å². The molecule has 0 spiro atoms. The highest BCUT2D eigenvalue weighted by atomic mass is 19.4. The fourth-order valence-corrected chi connectivity index (χ4v) is 6.03. The van der Waals surface area contributed by atoms with E-state index in [1.165, 1.54) is 18.2 Å². The predicted octanol–water partition coefficient (Wildman–Crippen LogP) is 5.21. The molecule has 11 heteroatoms. The number of likely N-dealkylation sites (tertiary alicyclic amines) is 1. The van der Waals surface area contributed by atoms with E-state index in [1.54, 1.807) is 32.0 Å². The summed E-state index contributed by atoms with van der Waals surface area (Å²) in [5, 5.41) is 3.03. The van der Waals surface area contributed by atoms with Crippen LogP contribution in [0.4, 0.5) is 17.6 Å². The van der Waals surface area contributed by atoms with E-state index in [-0.39, 0.29) is 32.0 Å². The Balaban J connectivity index is 1.36. The summed E-state index contributed by atoms with van der Waals surface area (Å²) >= 11 is 0. The number of carbonyl (C=O) groups excluding carboxylic acids is 1. The number of alkyl halides is 3. The summed E-state index contributed by atoms with van der Waals surface area (Å²) in [7, 11) is 0. The molecule has 2 aromatic carbocycles. The molecule has 1 N–H and O–H groups in total. The van der Waals surface area contributed by atoms with Crippen LogP contribution in [0.1, 0.15) is 56.2 Å². The lowest BCUT2D eigenvalue weighted by Gasteiger charge is -2.43. The van der Waals surface area contributed by atoms with Crippen molar-refractivity contribution in [1.29, 1.82) is 0 Å². The van der Waals surface area contributed by atoms with E-state index in [0.29, 0.717) is 24.2 Å². The van der Waals surface area contributed by atoms with Crippen molar-refractivity contribution in [1.82, 2.24) is 10.2 Å². The van der Waals surface area contributed by atoms with Crippen LogP contribution >= 0.6 is 0 Å². The second-order valence-electron chi connectivity index (χ2n) is 11.8. The largest absolute Gasteiger partial charge is 0.416 e. The Morgan fingerprint density at radius 3 is 2.43 bits per heavy atom. The van der Waals surface area contributed by atoms with Crippen LogP contribution in [-0.4, -0.2) is 66.7 Å². The molecular formula is C31H38F4N2O5. The van der Waals surface area contributed by atoms with Crippen LogP contribution in [0.5, 0.6) is 0 Å². The monoisotopic (exact) mass is 594 g/mol. The molecule has 0 aromatic heterocycles. The molecule has 5 rings (SSSR count). The molecule has 7 nitrogen and oxygen atoms in total. The maximum absolute atomic E-state index is 14.5. The second kappa shape index (κ2) is 12.6. The number of hydrogen-bond donors (Lipinski definition) is 1. The van der Waals surface area contributed by atoms with Gasteiger partial charge in [0.2, 0.25) is 0 Å². The number of fused-ring (bicyclic) bond motifs is 1. The highest BCUT2D eigenvalue weighted by Gasteiger charge is 2.58. The number of carbonyl (C=O) groups is 1. The number of halogens is 4. The minimum atomic E-state index is -4.44. The number of nitrogens with one attached hydrogen (secondary N) is 1. The number of rotatable bonds is 10. The summed E-state index contributed by atoms with van der Waals surface area (Å²) in [6.07, 6.45) is -3.67. The fourth-order valence-electron chi connectivity index (χ4n) is 6.03. The van der Waals surface area contributed by atoms with Crippen molar-refractivity contribution in [2.24, 2.45) is 0 Å². The molecule has 2 aliphatic heterocycles. The van der Waals surface area contributed by atoms with Crippen LogP contribution in [0, 0.1) is 5.82 Å². The minimum absolute atomic E-state index is 0.00418. The topological polar surface area (TPSA) is 69.3 Å². The maximum Gasteiger partial charge on any atom is 0.416 e. The van der Waals surface area contributed by atoms with Crippen molar-refractivity contribution in [2.45, 2.75) is 88.6 Å². The van der Waals surface area contributed by atoms with Crippen molar-refractivity contribution in [3.8, 4) is 0 Å². The molecule has 230 valence electrons. The third kappa shape index (κ3) is 7.31. The summed E-state index contributed by atoms with van der Waals surface area (Å²) in [5.74, 6) is -1.72. The van der Waals surface area contributed by atoms with E-state index in [9.17, 15) is 22.4 Å². The van der Waals surface area contributed by atoms with Gasteiger partial charge in [-0.15, -0.1) is 0 Å². The van der Waals surface area contributed by atoms with Crippen molar-refractivity contribution in [3.63, 3.8) is 0 Å². The minimum Gasteiger partial charge on any atom is -0.371 e. The Kier molecular flexibility index (Phi) is 9.24. The van der Waals surface area contributed by atoms with Crippen molar-refractivity contribution < 1.29 is 41.3 Å². The molecule has 1 aliphatic carbocycles. The molecule has 1 amide bonds. The van der Waals surface area contributed by atoms with Gasteiger partial charge in [-0.25, -0.2) is 4.39 Å². The van der Waals surface area contributed by atoms with Gasteiger partial charge in [-0.1, -0.05) is 30.3 Å². The molecule has 2 heterocycles. The van der Waals surface area contributed by atoms with E-state index in [1.807, 2.05) is 0 Å². The lowest BCUT2D eigenvalue weighted by molar-refractivity contribution is -0.183. The molecule has 1 unspecified atom stereocenters. The van der Waals surface area contributed by atoms with Gasteiger partial charge in [0.05, 0.1) is 31.0 Å². The Morgan fingerprint density at radius 2 is 1.74 bits per heavy atom. The first kappa shape index (κ1) is 30.9. The zero-order chi connectivity index (χ0) is 30.0.